The molecule has 1 aliphatic heterocycles. The smallest absolute Gasteiger partial charge is 0.191 e. The van der Waals surface area contributed by atoms with Crippen LogP contribution in [0, 0.1) is 0 Å². The summed E-state index contributed by atoms with van der Waals surface area (Å²) in [5.41, 5.74) is 1.57. The minimum atomic E-state index is -1.24. The molecule has 5 N–H and O–H groups in total. The van der Waals surface area contributed by atoms with Crippen LogP contribution in [0.1, 0.15) is 11.8 Å². The molecule has 0 spiro atoms. The molecule has 0 bridgehead atoms. The fourth-order valence-electron chi connectivity index (χ4n) is 3.25. The predicted octanol–water partition coefficient (Wildman–Crippen LogP) is 0.477. The summed E-state index contributed by atoms with van der Waals surface area (Å²) in [6, 6.07) is 6.98. The number of aliphatic hydroxyl groups is 3. The third kappa shape index (κ3) is 3.63. The Morgan fingerprint density at radius 1 is 1.21 bits per heavy atom. The van der Waals surface area contributed by atoms with E-state index >= 15 is 0 Å². The number of benzene rings is 1. The summed E-state index contributed by atoms with van der Waals surface area (Å²) in [5, 5.41) is 43.3. The van der Waals surface area contributed by atoms with Crippen LogP contribution in [0.15, 0.2) is 35.7 Å². The molecule has 29 heavy (non-hydrogen) atoms. The number of anilines is 1. The molecular formula is C18H21N5O5S. The van der Waals surface area contributed by atoms with Crippen LogP contribution in [0.2, 0.25) is 0 Å². The molecular weight excluding hydrogens is 398 g/mol. The summed E-state index contributed by atoms with van der Waals surface area (Å²) >= 11 is 1.34. The molecule has 1 fully saturated rings. The molecule has 0 radical (unpaired) electrons. The van der Waals surface area contributed by atoms with Gasteiger partial charge in [0, 0.05) is 12.1 Å². The highest BCUT2D eigenvalue weighted by Crippen LogP contribution is 2.33. The molecule has 154 valence electrons. The quantitative estimate of drug-likeness (QED) is 0.282. The first kappa shape index (κ1) is 19.9. The SMILES string of the molecule is CSc1nc(NCc2ccccc2O)c2ncn([C@@H]3O[C@H](CO)[C@@H](O)[C@H]3O)c2n1. The van der Waals surface area contributed by atoms with Crippen molar-refractivity contribution in [1.82, 2.24) is 19.5 Å². The topological polar surface area (TPSA) is 146 Å². The Labute approximate surface area is 170 Å². The summed E-state index contributed by atoms with van der Waals surface area (Å²) in [6.07, 6.45) is -1.01. The van der Waals surface area contributed by atoms with Crippen molar-refractivity contribution in [2.75, 3.05) is 18.2 Å². The largest absolute Gasteiger partial charge is 0.508 e. The highest BCUT2D eigenvalue weighted by molar-refractivity contribution is 7.98. The highest BCUT2D eigenvalue weighted by atomic mass is 32.2. The number of thioether (sulfide) groups is 1. The Morgan fingerprint density at radius 2 is 2.00 bits per heavy atom. The standard InChI is InChI=1S/C18H21N5O5S/c1-29-18-21-15(19-6-9-4-2-3-5-10(9)25)12-16(22-18)23(8-20-12)17-14(27)13(26)11(7-24)28-17/h2-5,8,11,13-14,17,24-27H,6-7H2,1H3,(H,19,21,22)/t11-,13-,14-,17-/m1/s1. The van der Waals surface area contributed by atoms with Crippen molar-refractivity contribution in [2.24, 2.45) is 0 Å². The molecule has 10 nitrogen and oxygen atoms in total. The van der Waals surface area contributed by atoms with E-state index in [1.54, 1.807) is 18.2 Å². The van der Waals surface area contributed by atoms with Crippen molar-refractivity contribution < 1.29 is 25.2 Å². The number of nitrogens with zero attached hydrogens (tertiary/aromatic N) is 4. The molecule has 1 aromatic carbocycles. The maximum atomic E-state index is 10.3. The third-order valence-electron chi connectivity index (χ3n) is 4.81. The normalized spacial score (nSPS) is 24.3. The van der Waals surface area contributed by atoms with Crippen molar-refractivity contribution in [2.45, 2.75) is 36.2 Å². The molecule has 0 saturated carbocycles. The van der Waals surface area contributed by atoms with E-state index in [9.17, 15) is 20.4 Å². The van der Waals surface area contributed by atoms with E-state index in [2.05, 4.69) is 20.3 Å². The first-order valence-corrected chi connectivity index (χ1v) is 10.2. The van der Waals surface area contributed by atoms with Gasteiger partial charge in [-0.15, -0.1) is 0 Å². The Morgan fingerprint density at radius 3 is 2.69 bits per heavy atom. The summed E-state index contributed by atoms with van der Waals surface area (Å²) in [7, 11) is 0. The summed E-state index contributed by atoms with van der Waals surface area (Å²) in [5.74, 6) is 0.639. The van der Waals surface area contributed by atoms with Gasteiger partial charge in [0.25, 0.3) is 0 Å². The lowest BCUT2D eigenvalue weighted by Crippen LogP contribution is -2.33. The van der Waals surface area contributed by atoms with Gasteiger partial charge in [-0.1, -0.05) is 30.0 Å². The lowest BCUT2D eigenvalue weighted by atomic mass is 10.1. The molecule has 4 rings (SSSR count). The summed E-state index contributed by atoms with van der Waals surface area (Å²) in [4.78, 5) is 13.3. The number of aromatic hydroxyl groups is 1. The molecule has 1 aliphatic rings. The van der Waals surface area contributed by atoms with Gasteiger partial charge in [-0.05, 0) is 12.3 Å². The van der Waals surface area contributed by atoms with Gasteiger partial charge in [-0.2, -0.15) is 0 Å². The number of aliphatic hydroxyl groups excluding tert-OH is 3. The number of hydrogen-bond donors (Lipinski definition) is 5. The summed E-state index contributed by atoms with van der Waals surface area (Å²) in [6.45, 7) is -0.0902. The van der Waals surface area contributed by atoms with Gasteiger partial charge in [-0.3, -0.25) is 4.57 Å². The first-order valence-electron chi connectivity index (χ1n) is 8.95. The number of phenols is 1. The molecule has 4 atom stereocenters. The van der Waals surface area contributed by atoms with Gasteiger partial charge in [0.05, 0.1) is 12.9 Å². The molecule has 0 amide bonds. The lowest BCUT2D eigenvalue weighted by molar-refractivity contribution is -0.0511. The van der Waals surface area contributed by atoms with Crippen LogP contribution in [0.5, 0.6) is 5.75 Å². The van der Waals surface area contributed by atoms with Crippen LogP contribution in [-0.2, 0) is 11.3 Å². The zero-order chi connectivity index (χ0) is 20.5. The van der Waals surface area contributed by atoms with Gasteiger partial charge < -0.3 is 30.5 Å². The lowest BCUT2D eigenvalue weighted by Gasteiger charge is -2.17. The monoisotopic (exact) mass is 419 g/mol. The van der Waals surface area contributed by atoms with Crippen LogP contribution in [-0.4, -0.2) is 71.1 Å². The second-order valence-electron chi connectivity index (χ2n) is 6.59. The van der Waals surface area contributed by atoms with E-state index in [1.165, 1.54) is 22.7 Å². The second-order valence-corrected chi connectivity index (χ2v) is 7.37. The predicted molar refractivity (Wildman–Crippen MR) is 106 cm³/mol. The third-order valence-corrected chi connectivity index (χ3v) is 5.36. The number of ether oxygens (including phenoxy) is 1. The molecule has 0 aliphatic carbocycles. The van der Waals surface area contributed by atoms with E-state index < -0.39 is 31.1 Å². The van der Waals surface area contributed by atoms with Crippen LogP contribution in [0.25, 0.3) is 11.2 Å². The number of imidazole rings is 1. The van der Waals surface area contributed by atoms with Gasteiger partial charge in [0.15, 0.2) is 28.4 Å². The van der Waals surface area contributed by atoms with Gasteiger partial charge in [-0.25, -0.2) is 15.0 Å². The number of phenolic OH excluding ortho intramolecular Hbond substituents is 1. The minimum Gasteiger partial charge on any atom is -0.508 e. The van der Waals surface area contributed by atoms with Crippen LogP contribution < -0.4 is 5.32 Å². The van der Waals surface area contributed by atoms with E-state index in [0.717, 1.165) is 0 Å². The molecule has 0 unspecified atom stereocenters. The Kier molecular flexibility index (Phi) is 5.56. The number of fused-ring (bicyclic) bond motifs is 1. The molecule has 3 heterocycles. The van der Waals surface area contributed by atoms with Crippen LogP contribution in [0.3, 0.4) is 0 Å². The molecule has 11 heteroatoms. The fourth-order valence-corrected chi connectivity index (χ4v) is 3.61. The molecule has 3 aromatic rings. The van der Waals surface area contributed by atoms with E-state index in [-0.39, 0.29) is 5.75 Å². The van der Waals surface area contributed by atoms with E-state index in [4.69, 9.17) is 4.74 Å². The second kappa shape index (κ2) is 8.13. The number of para-hydroxylation sites is 1. The number of nitrogens with one attached hydrogen (secondary N) is 1. The molecule has 1 saturated heterocycles. The maximum Gasteiger partial charge on any atom is 0.191 e. The van der Waals surface area contributed by atoms with Crippen molar-refractivity contribution in [3.63, 3.8) is 0 Å². The van der Waals surface area contributed by atoms with Crippen LogP contribution >= 0.6 is 11.8 Å². The molecule has 2 aromatic heterocycles. The van der Waals surface area contributed by atoms with Crippen molar-refractivity contribution >= 4 is 28.7 Å². The van der Waals surface area contributed by atoms with Gasteiger partial charge in [0.1, 0.15) is 24.1 Å². The van der Waals surface area contributed by atoms with E-state index in [1.807, 2.05) is 12.3 Å². The Hall–Kier alpha value is -2.44. The van der Waals surface area contributed by atoms with Gasteiger partial charge in [0.2, 0.25) is 0 Å². The van der Waals surface area contributed by atoms with E-state index in [0.29, 0.717) is 34.2 Å². The maximum absolute atomic E-state index is 10.3. The van der Waals surface area contributed by atoms with Crippen molar-refractivity contribution in [3.8, 4) is 5.75 Å². The van der Waals surface area contributed by atoms with Crippen LogP contribution in [0.4, 0.5) is 5.82 Å². The van der Waals surface area contributed by atoms with Crippen molar-refractivity contribution in [1.29, 1.82) is 0 Å². The fraction of sp³-hybridized carbons (Fsp3) is 0.389. The Bertz CT molecular complexity index is 1020. The number of rotatable bonds is 6. The minimum absolute atomic E-state index is 0.174. The zero-order valence-corrected chi connectivity index (χ0v) is 16.3. The summed E-state index contributed by atoms with van der Waals surface area (Å²) < 4.78 is 7.12. The number of hydrogen-bond acceptors (Lipinski definition) is 10. The zero-order valence-electron chi connectivity index (χ0n) is 15.5. The highest BCUT2D eigenvalue weighted by Gasteiger charge is 2.44. The average Bonchev–Trinajstić information content (AvgIpc) is 3.28. The average molecular weight is 419 g/mol. The Balaban J connectivity index is 1.69. The van der Waals surface area contributed by atoms with Crippen molar-refractivity contribution in [3.05, 3.63) is 36.2 Å². The first-order chi connectivity index (χ1) is 14.0. The number of aromatic nitrogens is 4. The van der Waals surface area contributed by atoms with Gasteiger partial charge >= 0.3 is 0 Å².